The van der Waals surface area contributed by atoms with E-state index in [1.807, 2.05) is 0 Å². The third-order valence-electron chi connectivity index (χ3n) is 4.20. The third-order valence-corrected chi connectivity index (χ3v) is 4.48. The minimum absolute atomic E-state index is 0.00760. The van der Waals surface area contributed by atoms with E-state index in [0.717, 1.165) is 0 Å². The zero-order valence-corrected chi connectivity index (χ0v) is 18.1. The van der Waals surface area contributed by atoms with Crippen LogP contribution in [-0.2, 0) is 6.61 Å². The molecule has 0 bridgehead atoms. The first-order chi connectivity index (χ1) is 15.9. The Labute approximate surface area is 192 Å². The van der Waals surface area contributed by atoms with Crippen molar-refractivity contribution in [2.24, 2.45) is 5.10 Å². The topological polar surface area (TPSA) is 142 Å². The van der Waals surface area contributed by atoms with Gasteiger partial charge in [-0.15, -0.1) is 0 Å². The zero-order chi connectivity index (χ0) is 23.8. The molecule has 0 aliphatic carbocycles. The number of ether oxygens (including phenoxy) is 2. The maximum Gasteiger partial charge on any atom is 0.313 e. The summed E-state index contributed by atoms with van der Waals surface area (Å²) in [5, 5.41) is 26.2. The molecular formula is C21H18ClN5O6. The van der Waals surface area contributed by atoms with Gasteiger partial charge in [0.05, 0.1) is 27.7 Å². The van der Waals surface area contributed by atoms with E-state index in [9.17, 15) is 20.2 Å². The number of nitrogens with one attached hydrogen (secondary N) is 1. The molecule has 3 rings (SSSR count). The number of nitro benzene ring substituents is 1. The molecule has 0 aliphatic rings. The summed E-state index contributed by atoms with van der Waals surface area (Å²) in [4.78, 5) is 24.9. The van der Waals surface area contributed by atoms with Gasteiger partial charge >= 0.3 is 5.69 Å². The molecule has 170 valence electrons. The van der Waals surface area contributed by atoms with Crippen molar-refractivity contribution in [3.63, 3.8) is 0 Å². The molecule has 0 fully saturated rings. The average Bonchev–Trinajstić information content (AvgIpc) is 2.79. The molecular weight excluding hydrogens is 454 g/mol. The van der Waals surface area contributed by atoms with Crippen LogP contribution >= 0.6 is 11.6 Å². The highest BCUT2D eigenvalue weighted by atomic mass is 35.5. The number of hydrogen-bond acceptors (Lipinski definition) is 9. The Balaban J connectivity index is 1.78. The van der Waals surface area contributed by atoms with Crippen molar-refractivity contribution < 1.29 is 19.3 Å². The van der Waals surface area contributed by atoms with Gasteiger partial charge in [-0.25, -0.2) is 4.98 Å². The number of hydrazone groups is 1. The van der Waals surface area contributed by atoms with Crippen LogP contribution in [0.1, 0.15) is 18.1 Å². The summed E-state index contributed by atoms with van der Waals surface area (Å²) in [6.07, 6.45) is 2.81. The Hall–Kier alpha value is -4.25. The largest absolute Gasteiger partial charge is 0.490 e. The Kier molecular flexibility index (Phi) is 7.71. The minimum Gasteiger partial charge on any atom is -0.490 e. The maximum atomic E-state index is 11.1. The highest BCUT2D eigenvalue weighted by Crippen LogP contribution is 2.37. The second kappa shape index (κ2) is 10.9. The van der Waals surface area contributed by atoms with Crippen LogP contribution in [0, 0.1) is 20.2 Å². The van der Waals surface area contributed by atoms with E-state index in [1.165, 1.54) is 36.7 Å². The highest BCUT2D eigenvalue weighted by Gasteiger charge is 2.15. The van der Waals surface area contributed by atoms with E-state index in [2.05, 4.69) is 15.5 Å². The van der Waals surface area contributed by atoms with Crippen molar-refractivity contribution in [1.29, 1.82) is 0 Å². The van der Waals surface area contributed by atoms with E-state index in [0.29, 0.717) is 23.5 Å². The Morgan fingerprint density at radius 1 is 1.12 bits per heavy atom. The molecule has 33 heavy (non-hydrogen) atoms. The number of rotatable bonds is 10. The predicted octanol–water partition coefficient (Wildman–Crippen LogP) is 4.98. The molecule has 11 nitrogen and oxygen atoms in total. The molecule has 0 aliphatic heterocycles. The molecule has 2 aromatic carbocycles. The fraction of sp³-hybridized carbons (Fsp3) is 0.143. The molecule has 1 N–H and O–H groups in total. The number of aromatic nitrogens is 1. The molecule has 0 radical (unpaired) electrons. The van der Waals surface area contributed by atoms with Gasteiger partial charge in [0.15, 0.2) is 11.5 Å². The fourth-order valence-corrected chi connectivity index (χ4v) is 3.05. The minimum atomic E-state index is -0.567. The van der Waals surface area contributed by atoms with E-state index in [1.54, 1.807) is 31.2 Å². The van der Waals surface area contributed by atoms with E-state index in [-0.39, 0.29) is 34.6 Å². The second-order valence-corrected chi connectivity index (χ2v) is 6.88. The van der Waals surface area contributed by atoms with Crippen LogP contribution in [-0.4, -0.2) is 27.7 Å². The van der Waals surface area contributed by atoms with Crippen molar-refractivity contribution in [2.45, 2.75) is 13.5 Å². The summed E-state index contributed by atoms with van der Waals surface area (Å²) in [5.74, 6) is 0.614. The zero-order valence-electron chi connectivity index (χ0n) is 17.3. The first kappa shape index (κ1) is 23.4. The maximum absolute atomic E-state index is 11.1. The van der Waals surface area contributed by atoms with Gasteiger partial charge in [0, 0.05) is 24.4 Å². The van der Waals surface area contributed by atoms with Crippen LogP contribution < -0.4 is 14.9 Å². The van der Waals surface area contributed by atoms with Crippen LogP contribution in [0.3, 0.4) is 0 Å². The summed E-state index contributed by atoms with van der Waals surface area (Å²) >= 11 is 6.38. The van der Waals surface area contributed by atoms with Crippen molar-refractivity contribution >= 4 is 35.0 Å². The highest BCUT2D eigenvalue weighted by molar-refractivity contribution is 6.32. The van der Waals surface area contributed by atoms with E-state index < -0.39 is 9.85 Å². The number of nitrogens with zero attached hydrogens (tertiary/aromatic N) is 4. The molecule has 1 heterocycles. The van der Waals surface area contributed by atoms with Gasteiger partial charge in [0.25, 0.3) is 5.69 Å². The molecule has 3 aromatic rings. The number of non-ortho nitro benzene ring substituents is 1. The SMILES string of the molecule is CCOc1cc(/C=N\Nc2ncccc2[N+](=O)[O-])cc(Cl)c1OCc1cccc([N+](=O)[O-])c1. The molecule has 0 atom stereocenters. The lowest BCUT2D eigenvalue weighted by Gasteiger charge is -2.14. The number of nitro groups is 2. The van der Waals surface area contributed by atoms with Gasteiger partial charge in [-0.2, -0.15) is 5.10 Å². The first-order valence-electron chi connectivity index (χ1n) is 9.60. The third kappa shape index (κ3) is 6.14. The molecule has 0 spiro atoms. The van der Waals surface area contributed by atoms with Gasteiger partial charge in [-0.3, -0.25) is 25.7 Å². The van der Waals surface area contributed by atoms with Gasteiger partial charge in [0.2, 0.25) is 5.82 Å². The fourth-order valence-electron chi connectivity index (χ4n) is 2.78. The molecule has 0 saturated heterocycles. The molecule has 0 saturated carbocycles. The number of pyridine rings is 1. The number of benzene rings is 2. The number of anilines is 1. The number of halogens is 1. The van der Waals surface area contributed by atoms with Crippen molar-refractivity contribution in [2.75, 3.05) is 12.0 Å². The molecule has 0 unspecified atom stereocenters. The lowest BCUT2D eigenvalue weighted by atomic mass is 10.2. The molecule has 12 heteroatoms. The van der Waals surface area contributed by atoms with Gasteiger partial charge < -0.3 is 9.47 Å². The van der Waals surface area contributed by atoms with Crippen molar-refractivity contribution in [3.8, 4) is 11.5 Å². The van der Waals surface area contributed by atoms with Crippen LogP contribution in [0.4, 0.5) is 17.2 Å². The van der Waals surface area contributed by atoms with Gasteiger partial charge in [-0.1, -0.05) is 23.7 Å². The summed E-state index contributed by atoms with van der Waals surface area (Å²) < 4.78 is 11.4. The van der Waals surface area contributed by atoms with Crippen LogP contribution in [0.15, 0.2) is 59.8 Å². The summed E-state index contributed by atoms with van der Waals surface area (Å²) in [5.41, 5.74) is 3.41. The average molecular weight is 472 g/mol. The smallest absolute Gasteiger partial charge is 0.313 e. The number of hydrogen-bond donors (Lipinski definition) is 1. The second-order valence-electron chi connectivity index (χ2n) is 6.48. The summed E-state index contributed by atoms with van der Waals surface area (Å²) in [6.45, 7) is 2.17. The van der Waals surface area contributed by atoms with Crippen molar-refractivity contribution in [1.82, 2.24) is 4.98 Å². The Bertz CT molecular complexity index is 1200. The van der Waals surface area contributed by atoms with Crippen LogP contribution in [0.5, 0.6) is 11.5 Å². The monoisotopic (exact) mass is 471 g/mol. The quantitative estimate of drug-likeness (QED) is 0.248. The Morgan fingerprint density at radius 3 is 2.67 bits per heavy atom. The van der Waals surface area contributed by atoms with Crippen molar-refractivity contribution in [3.05, 3.63) is 91.1 Å². The lowest BCUT2D eigenvalue weighted by molar-refractivity contribution is -0.385. The standard InChI is InChI=1S/C21H18ClN5O6/c1-2-32-19-11-15(12-24-25-21-18(27(30)31)7-4-8-23-21)10-17(22)20(19)33-13-14-5-3-6-16(9-14)26(28)29/h3-12H,2,13H2,1H3,(H,23,25)/b24-12-. The normalized spacial score (nSPS) is 10.7. The molecule has 1 aromatic heterocycles. The van der Waals surface area contributed by atoms with Crippen LogP contribution in [0.2, 0.25) is 5.02 Å². The van der Waals surface area contributed by atoms with Crippen LogP contribution in [0.25, 0.3) is 0 Å². The first-order valence-corrected chi connectivity index (χ1v) is 9.97. The molecule has 0 amide bonds. The Morgan fingerprint density at radius 2 is 1.94 bits per heavy atom. The van der Waals surface area contributed by atoms with E-state index in [4.69, 9.17) is 21.1 Å². The summed E-state index contributed by atoms with van der Waals surface area (Å²) in [6, 6.07) is 12.0. The van der Waals surface area contributed by atoms with Gasteiger partial charge in [-0.05, 0) is 36.2 Å². The van der Waals surface area contributed by atoms with E-state index >= 15 is 0 Å². The van der Waals surface area contributed by atoms with Gasteiger partial charge in [0.1, 0.15) is 6.61 Å². The predicted molar refractivity (Wildman–Crippen MR) is 122 cm³/mol. The lowest BCUT2D eigenvalue weighted by Crippen LogP contribution is -2.02. The summed E-state index contributed by atoms with van der Waals surface area (Å²) in [7, 11) is 0.